The van der Waals surface area contributed by atoms with Crippen molar-refractivity contribution in [3.63, 3.8) is 0 Å². The summed E-state index contributed by atoms with van der Waals surface area (Å²) in [6.45, 7) is 1.82. The van der Waals surface area contributed by atoms with E-state index >= 15 is 0 Å². The molecular formula is C21H26ClN3O4S. The number of benzene rings is 1. The van der Waals surface area contributed by atoms with Gasteiger partial charge in [0.2, 0.25) is 5.91 Å². The summed E-state index contributed by atoms with van der Waals surface area (Å²) < 4.78 is 23.8. The topological polar surface area (TPSA) is 109 Å². The molecule has 7 nitrogen and oxygen atoms in total. The van der Waals surface area contributed by atoms with Gasteiger partial charge in [-0.25, -0.2) is 13.4 Å². The molecule has 2 aromatic rings. The minimum absolute atomic E-state index is 0.0742. The number of nitrogens with one attached hydrogen (secondary N) is 1. The third kappa shape index (κ3) is 5.77. The minimum Gasteiger partial charge on any atom is -0.393 e. The molecule has 0 saturated heterocycles. The third-order valence-corrected chi connectivity index (χ3v) is 7.13. The van der Waals surface area contributed by atoms with Crippen LogP contribution >= 0.6 is 11.6 Å². The first kappa shape index (κ1) is 22.7. The smallest absolute Gasteiger partial charge is 0.226 e. The molecule has 1 atom stereocenters. The van der Waals surface area contributed by atoms with E-state index in [2.05, 4.69) is 15.3 Å². The quantitative estimate of drug-likeness (QED) is 0.695. The molecule has 1 aromatic heterocycles. The highest BCUT2D eigenvalue weighted by atomic mass is 35.5. The van der Waals surface area contributed by atoms with E-state index in [0.29, 0.717) is 18.7 Å². The average Bonchev–Trinajstić information content (AvgIpc) is 2.68. The van der Waals surface area contributed by atoms with Crippen LogP contribution in [0, 0.1) is 12.8 Å². The Morgan fingerprint density at radius 1 is 1.23 bits per heavy atom. The zero-order valence-corrected chi connectivity index (χ0v) is 18.6. The number of nitrogens with zero attached hydrogens (tertiary/aromatic N) is 2. The van der Waals surface area contributed by atoms with Gasteiger partial charge in [-0.1, -0.05) is 17.7 Å². The number of rotatable bonds is 6. The number of carbonyl (C=O) groups is 1. The van der Waals surface area contributed by atoms with E-state index in [1.54, 1.807) is 18.3 Å². The molecule has 2 N–H and O–H groups in total. The molecule has 1 amide bonds. The van der Waals surface area contributed by atoms with Crippen molar-refractivity contribution in [1.29, 1.82) is 0 Å². The molecule has 0 bridgehead atoms. The Morgan fingerprint density at radius 3 is 2.50 bits per heavy atom. The van der Waals surface area contributed by atoms with Crippen molar-refractivity contribution in [2.75, 3.05) is 11.6 Å². The molecule has 1 aliphatic rings. The van der Waals surface area contributed by atoms with Crippen molar-refractivity contribution in [3.8, 4) is 0 Å². The second kappa shape index (κ2) is 9.41. The maximum atomic E-state index is 12.7. The summed E-state index contributed by atoms with van der Waals surface area (Å²) in [5.41, 5.74) is 1.58. The van der Waals surface area contributed by atoms with E-state index in [0.717, 1.165) is 30.4 Å². The molecule has 1 aliphatic carbocycles. The van der Waals surface area contributed by atoms with Crippen LogP contribution in [0.1, 0.15) is 49.3 Å². The van der Waals surface area contributed by atoms with Crippen LogP contribution < -0.4 is 5.32 Å². The summed E-state index contributed by atoms with van der Waals surface area (Å²) in [7, 11) is -3.43. The monoisotopic (exact) mass is 451 g/mol. The molecule has 3 rings (SSSR count). The first-order valence-electron chi connectivity index (χ1n) is 9.89. The Morgan fingerprint density at radius 2 is 1.93 bits per heavy atom. The molecule has 1 aromatic carbocycles. The number of carbonyl (C=O) groups excluding carboxylic acids is 1. The molecule has 0 aliphatic heterocycles. The van der Waals surface area contributed by atoms with Crippen LogP contribution in [-0.2, 0) is 14.6 Å². The van der Waals surface area contributed by atoms with Gasteiger partial charge < -0.3 is 10.4 Å². The Labute approximate surface area is 181 Å². The molecule has 1 heterocycles. The number of hydrogen-bond acceptors (Lipinski definition) is 6. The number of anilines is 1. The summed E-state index contributed by atoms with van der Waals surface area (Å²) in [6, 6.07) is 4.88. The first-order valence-corrected chi connectivity index (χ1v) is 12.2. The van der Waals surface area contributed by atoms with Gasteiger partial charge in [0, 0.05) is 12.7 Å². The van der Waals surface area contributed by atoms with Crippen LogP contribution in [0.2, 0.25) is 5.02 Å². The SMILES string of the molecule is Cc1cnc(NC(=O)C[C@@H](c2ccc(S(C)(=O)=O)c(Cl)c2)C2CCC(O)CC2)cn1. The van der Waals surface area contributed by atoms with Gasteiger partial charge in [-0.3, -0.25) is 9.78 Å². The van der Waals surface area contributed by atoms with Crippen molar-refractivity contribution < 1.29 is 18.3 Å². The second-order valence-corrected chi connectivity index (χ2v) is 10.3. The largest absolute Gasteiger partial charge is 0.393 e. The molecule has 0 unspecified atom stereocenters. The Hall–Kier alpha value is -2.03. The molecule has 0 radical (unpaired) electrons. The van der Waals surface area contributed by atoms with E-state index in [1.807, 2.05) is 6.92 Å². The van der Waals surface area contributed by atoms with Gasteiger partial charge in [0.15, 0.2) is 15.7 Å². The van der Waals surface area contributed by atoms with Crippen LogP contribution in [0.25, 0.3) is 0 Å². The van der Waals surface area contributed by atoms with E-state index in [-0.39, 0.29) is 40.2 Å². The van der Waals surface area contributed by atoms with Crippen molar-refractivity contribution in [2.45, 2.75) is 55.9 Å². The van der Waals surface area contributed by atoms with Crippen molar-refractivity contribution in [2.24, 2.45) is 5.92 Å². The van der Waals surface area contributed by atoms with Gasteiger partial charge in [-0.05, 0) is 62.1 Å². The number of aliphatic hydroxyl groups is 1. The lowest BCUT2D eigenvalue weighted by Gasteiger charge is -2.32. The Bertz CT molecular complexity index is 1000. The van der Waals surface area contributed by atoms with E-state index < -0.39 is 9.84 Å². The van der Waals surface area contributed by atoms with Crippen LogP contribution in [-0.4, -0.2) is 41.8 Å². The average molecular weight is 452 g/mol. The fourth-order valence-electron chi connectivity index (χ4n) is 3.96. The summed E-state index contributed by atoms with van der Waals surface area (Å²) in [5.74, 6) is 0.215. The van der Waals surface area contributed by atoms with Gasteiger partial charge in [-0.15, -0.1) is 0 Å². The molecular weight excluding hydrogens is 426 g/mol. The lowest BCUT2D eigenvalue weighted by Crippen LogP contribution is -2.26. The lowest BCUT2D eigenvalue weighted by molar-refractivity contribution is -0.117. The number of aryl methyl sites for hydroxylation is 1. The first-order chi connectivity index (χ1) is 14.1. The van der Waals surface area contributed by atoms with Gasteiger partial charge >= 0.3 is 0 Å². The lowest BCUT2D eigenvalue weighted by atomic mass is 9.74. The second-order valence-electron chi connectivity index (χ2n) is 7.93. The zero-order chi connectivity index (χ0) is 21.9. The van der Waals surface area contributed by atoms with Gasteiger partial charge in [0.25, 0.3) is 0 Å². The highest BCUT2D eigenvalue weighted by Crippen LogP contribution is 2.40. The highest BCUT2D eigenvalue weighted by molar-refractivity contribution is 7.90. The summed E-state index contributed by atoms with van der Waals surface area (Å²) >= 11 is 6.26. The number of halogens is 1. The van der Waals surface area contributed by atoms with Crippen LogP contribution in [0.4, 0.5) is 5.82 Å². The number of sulfone groups is 1. The standard InChI is InChI=1S/C21H26ClN3O4S/c1-13-11-24-20(12-23-13)25-21(27)10-17(14-3-6-16(26)7-4-14)15-5-8-19(18(22)9-15)30(2,28)29/h5,8-9,11-12,14,16-17,26H,3-4,6-7,10H2,1-2H3,(H,24,25,27)/t14?,16?,17-/m1/s1. The van der Waals surface area contributed by atoms with Crippen molar-refractivity contribution in [3.05, 3.63) is 46.9 Å². The predicted octanol–water partition coefficient (Wildman–Crippen LogP) is 3.51. The van der Waals surface area contributed by atoms with Gasteiger partial charge in [0.1, 0.15) is 0 Å². The summed E-state index contributed by atoms with van der Waals surface area (Å²) in [4.78, 5) is 21.1. The Balaban J connectivity index is 1.84. The van der Waals surface area contributed by atoms with E-state index in [4.69, 9.17) is 11.6 Å². The normalized spacial score (nSPS) is 20.5. The fraction of sp³-hybridized carbons (Fsp3) is 0.476. The van der Waals surface area contributed by atoms with Crippen molar-refractivity contribution >= 4 is 33.2 Å². The fourth-order valence-corrected chi connectivity index (χ4v) is 5.30. The number of hydrogen-bond donors (Lipinski definition) is 2. The van der Waals surface area contributed by atoms with Crippen LogP contribution in [0.3, 0.4) is 0 Å². The molecule has 0 spiro atoms. The number of amides is 1. The van der Waals surface area contributed by atoms with Crippen molar-refractivity contribution in [1.82, 2.24) is 9.97 Å². The molecule has 9 heteroatoms. The number of aliphatic hydroxyl groups excluding tert-OH is 1. The maximum absolute atomic E-state index is 12.7. The van der Waals surface area contributed by atoms with E-state index in [1.165, 1.54) is 12.3 Å². The summed E-state index contributed by atoms with van der Waals surface area (Å²) in [6.07, 6.45) is 7.03. The van der Waals surface area contributed by atoms with Crippen LogP contribution in [0.15, 0.2) is 35.5 Å². The summed E-state index contributed by atoms with van der Waals surface area (Å²) in [5, 5.41) is 12.8. The van der Waals surface area contributed by atoms with Crippen LogP contribution in [0.5, 0.6) is 0 Å². The molecule has 162 valence electrons. The molecule has 30 heavy (non-hydrogen) atoms. The zero-order valence-electron chi connectivity index (χ0n) is 17.0. The Kier molecular flexibility index (Phi) is 7.10. The minimum atomic E-state index is -3.43. The molecule has 1 saturated carbocycles. The van der Waals surface area contributed by atoms with Gasteiger partial charge in [0.05, 0.1) is 34.1 Å². The predicted molar refractivity (Wildman–Crippen MR) is 115 cm³/mol. The highest BCUT2D eigenvalue weighted by Gasteiger charge is 2.30. The number of aromatic nitrogens is 2. The van der Waals surface area contributed by atoms with E-state index in [9.17, 15) is 18.3 Å². The van der Waals surface area contributed by atoms with Gasteiger partial charge in [-0.2, -0.15) is 0 Å². The molecule has 1 fully saturated rings. The third-order valence-electron chi connectivity index (χ3n) is 5.55. The maximum Gasteiger partial charge on any atom is 0.226 e.